The number of hydrazine groups is 1. The molecule has 0 amide bonds. The van der Waals surface area contributed by atoms with Gasteiger partial charge < -0.3 is 4.74 Å². The lowest BCUT2D eigenvalue weighted by Gasteiger charge is -2.23. The van der Waals surface area contributed by atoms with Gasteiger partial charge in [-0.3, -0.25) is 5.01 Å². The first-order valence-electron chi connectivity index (χ1n) is 7.23. The van der Waals surface area contributed by atoms with Gasteiger partial charge in [0.1, 0.15) is 16.7 Å². The van der Waals surface area contributed by atoms with Crippen LogP contribution in [0.2, 0.25) is 5.15 Å². The molecule has 1 aromatic heterocycles. The molecule has 0 spiro atoms. The summed E-state index contributed by atoms with van der Waals surface area (Å²) < 4.78 is 40.3. The molecule has 0 saturated carbocycles. The molecule has 5 nitrogen and oxygen atoms in total. The van der Waals surface area contributed by atoms with Crippen LogP contribution in [0.4, 0.5) is 18.9 Å². The molecule has 0 bridgehead atoms. The molecule has 0 aliphatic rings. The number of benzene rings is 1. The highest BCUT2D eigenvalue weighted by molar-refractivity contribution is 6.29. The van der Waals surface area contributed by atoms with Gasteiger partial charge in [-0.2, -0.15) is 0 Å². The lowest BCUT2D eigenvalue weighted by atomic mass is 10.2. The molecule has 0 radical (unpaired) electrons. The molecule has 1 heterocycles. The summed E-state index contributed by atoms with van der Waals surface area (Å²) in [4.78, 5) is 8.30. The molecular formula is C16H16ClF3N4O. The smallest absolute Gasteiger partial charge is 0.406 e. The van der Waals surface area contributed by atoms with E-state index in [-0.39, 0.29) is 5.75 Å². The summed E-state index contributed by atoms with van der Waals surface area (Å²) in [6.45, 7) is 2.27. The molecule has 9 heteroatoms. The Morgan fingerprint density at radius 2 is 1.96 bits per heavy atom. The number of ether oxygens (including phenoxy) is 1. The third-order valence-corrected chi connectivity index (χ3v) is 3.36. The second kappa shape index (κ2) is 8.17. The summed E-state index contributed by atoms with van der Waals surface area (Å²) in [5.41, 5.74) is 4.43. The van der Waals surface area contributed by atoms with Gasteiger partial charge in [0, 0.05) is 13.2 Å². The van der Waals surface area contributed by atoms with Crippen LogP contribution in [0.1, 0.15) is 12.5 Å². The van der Waals surface area contributed by atoms with Gasteiger partial charge in [0.05, 0.1) is 12.2 Å². The van der Waals surface area contributed by atoms with Crippen LogP contribution < -0.4 is 10.2 Å². The maximum atomic E-state index is 12.2. The number of halogens is 4. The number of amidine groups is 1. The summed E-state index contributed by atoms with van der Waals surface area (Å²) in [6.07, 6.45) is -3.10. The Balaban J connectivity index is 2.09. The highest BCUT2D eigenvalue weighted by Gasteiger charge is 2.30. The maximum absolute atomic E-state index is 12.2. The van der Waals surface area contributed by atoms with Gasteiger partial charge in [-0.15, -0.1) is 13.2 Å². The number of hydrogen-bond donors (Lipinski definition) is 1. The summed E-state index contributed by atoms with van der Waals surface area (Å²) in [7, 11) is 1.74. The van der Waals surface area contributed by atoms with Crippen molar-refractivity contribution in [3.8, 4) is 5.75 Å². The molecule has 0 fully saturated rings. The van der Waals surface area contributed by atoms with Crippen LogP contribution in [0.5, 0.6) is 5.75 Å². The van der Waals surface area contributed by atoms with E-state index in [9.17, 15) is 13.2 Å². The van der Waals surface area contributed by atoms with Crippen LogP contribution in [0.25, 0.3) is 0 Å². The van der Waals surface area contributed by atoms with Crippen LogP contribution in [-0.4, -0.2) is 29.2 Å². The lowest BCUT2D eigenvalue weighted by Crippen LogP contribution is -2.38. The fourth-order valence-electron chi connectivity index (χ4n) is 2.05. The summed E-state index contributed by atoms with van der Waals surface area (Å²) in [5.74, 6) is 0.334. The van der Waals surface area contributed by atoms with Gasteiger partial charge >= 0.3 is 6.36 Å². The molecule has 1 N–H and O–H groups in total. The normalized spacial score (nSPS) is 12.2. The molecule has 25 heavy (non-hydrogen) atoms. The molecule has 2 aromatic rings. The second-order valence-electron chi connectivity index (χ2n) is 5.00. The number of pyridine rings is 1. The topological polar surface area (TPSA) is 49.8 Å². The fourth-order valence-corrected chi connectivity index (χ4v) is 2.24. The third kappa shape index (κ3) is 6.24. The third-order valence-electron chi connectivity index (χ3n) is 3.15. The molecule has 0 aliphatic heterocycles. The Bertz CT molecular complexity index is 735. The Kier molecular flexibility index (Phi) is 6.22. The standard InChI is InChI=1S/C16H16ClF3N4O/c1-11(24(21-2)10-12-7-8-22-15(17)9-12)23-13-3-5-14(6-4-13)25-16(18,19)20/h3-9,21H,10H2,1-2H3. The summed E-state index contributed by atoms with van der Waals surface area (Å²) in [6, 6.07) is 8.89. The van der Waals surface area contributed by atoms with E-state index in [0.29, 0.717) is 23.2 Å². The highest BCUT2D eigenvalue weighted by atomic mass is 35.5. The van der Waals surface area contributed by atoms with E-state index in [0.717, 1.165) is 5.56 Å². The minimum Gasteiger partial charge on any atom is -0.406 e. The van der Waals surface area contributed by atoms with Gasteiger partial charge in [-0.05, 0) is 48.9 Å². The van der Waals surface area contributed by atoms with E-state index in [4.69, 9.17) is 11.6 Å². The zero-order chi connectivity index (χ0) is 18.4. The van der Waals surface area contributed by atoms with Gasteiger partial charge in [0.25, 0.3) is 0 Å². The number of hydrogen-bond acceptors (Lipinski definition) is 4. The van der Waals surface area contributed by atoms with Crippen LogP contribution in [-0.2, 0) is 6.54 Å². The number of nitrogens with one attached hydrogen (secondary N) is 1. The number of alkyl halides is 3. The van der Waals surface area contributed by atoms with Crippen LogP contribution in [0, 0.1) is 0 Å². The summed E-state index contributed by atoms with van der Waals surface area (Å²) >= 11 is 5.87. The zero-order valence-electron chi connectivity index (χ0n) is 13.5. The molecular weight excluding hydrogens is 357 g/mol. The number of aromatic nitrogens is 1. The van der Waals surface area contributed by atoms with Crippen molar-refractivity contribution in [2.45, 2.75) is 19.8 Å². The SMILES string of the molecule is CNN(Cc1ccnc(Cl)c1)C(C)=Nc1ccc(OC(F)(F)F)cc1. The average Bonchev–Trinajstić information content (AvgIpc) is 2.53. The van der Waals surface area contributed by atoms with Crippen molar-refractivity contribution in [1.82, 2.24) is 15.4 Å². The van der Waals surface area contributed by atoms with Gasteiger partial charge in [0.2, 0.25) is 0 Å². The average molecular weight is 373 g/mol. The van der Waals surface area contributed by atoms with E-state index in [1.165, 1.54) is 24.3 Å². The van der Waals surface area contributed by atoms with Crippen molar-refractivity contribution >= 4 is 23.1 Å². The minimum absolute atomic E-state index is 0.291. The molecule has 0 saturated heterocycles. The molecule has 0 atom stereocenters. The highest BCUT2D eigenvalue weighted by Crippen LogP contribution is 2.25. The van der Waals surface area contributed by atoms with Crippen molar-refractivity contribution in [3.05, 3.63) is 53.3 Å². The Morgan fingerprint density at radius 3 is 2.52 bits per heavy atom. The summed E-state index contributed by atoms with van der Waals surface area (Å²) in [5, 5.41) is 2.16. The van der Waals surface area contributed by atoms with Crippen molar-refractivity contribution in [3.63, 3.8) is 0 Å². The quantitative estimate of drug-likeness (QED) is 0.367. The first-order chi connectivity index (χ1) is 11.8. The monoisotopic (exact) mass is 372 g/mol. The van der Waals surface area contributed by atoms with Crippen molar-refractivity contribution in [2.24, 2.45) is 4.99 Å². The van der Waals surface area contributed by atoms with E-state index in [1.807, 2.05) is 6.07 Å². The fraction of sp³-hybridized carbons (Fsp3) is 0.250. The molecule has 0 aliphatic carbocycles. The predicted octanol–water partition coefficient (Wildman–Crippen LogP) is 4.32. The molecule has 0 unspecified atom stereocenters. The van der Waals surface area contributed by atoms with Crippen LogP contribution in [0.3, 0.4) is 0 Å². The lowest BCUT2D eigenvalue weighted by molar-refractivity contribution is -0.274. The minimum atomic E-state index is -4.71. The first-order valence-corrected chi connectivity index (χ1v) is 7.61. The van der Waals surface area contributed by atoms with E-state index >= 15 is 0 Å². The van der Waals surface area contributed by atoms with Gasteiger partial charge in [0.15, 0.2) is 0 Å². The van der Waals surface area contributed by atoms with E-state index in [2.05, 4.69) is 20.1 Å². The van der Waals surface area contributed by atoms with Gasteiger partial charge in [-0.1, -0.05) is 11.6 Å². The Morgan fingerprint density at radius 1 is 1.28 bits per heavy atom. The van der Waals surface area contributed by atoms with Crippen LogP contribution >= 0.6 is 11.6 Å². The Hall–Kier alpha value is -2.32. The molecule has 2 rings (SSSR count). The molecule has 1 aromatic carbocycles. The van der Waals surface area contributed by atoms with Crippen molar-refractivity contribution in [2.75, 3.05) is 7.05 Å². The largest absolute Gasteiger partial charge is 0.573 e. The number of nitrogens with zero attached hydrogens (tertiary/aromatic N) is 3. The van der Waals surface area contributed by atoms with E-state index in [1.54, 1.807) is 31.2 Å². The Labute approximate surface area is 148 Å². The maximum Gasteiger partial charge on any atom is 0.573 e. The van der Waals surface area contributed by atoms with Crippen molar-refractivity contribution < 1.29 is 17.9 Å². The van der Waals surface area contributed by atoms with Crippen LogP contribution in [0.15, 0.2) is 47.6 Å². The van der Waals surface area contributed by atoms with Crippen molar-refractivity contribution in [1.29, 1.82) is 0 Å². The number of aliphatic imine (C=N–C) groups is 1. The first kappa shape index (κ1) is 19.0. The molecule has 134 valence electrons. The zero-order valence-corrected chi connectivity index (χ0v) is 14.3. The van der Waals surface area contributed by atoms with Gasteiger partial charge in [-0.25, -0.2) is 15.4 Å². The number of rotatable bonds is 5. The second-order valence-corrected chi connectivity index (χ2v) is 5.38. The predicted molar refractivity (Wildman–Crippen MR) is 89.7 cm³/mol. The van der Waals surface area contributed by atoms with E-state index < -0.39 is 6.36 Å².